The van der Waals surface area contributed by atoms with Crippen molar-refractivity contribution in [1.29, 1.82) is 0 Å². The monoisotopic (exact) mass is 872 g/mol. The molecule has 346 valence electrons. The number of aliphatic hydroxyl groups excluding tert-OH is 1. The lowest BCUT2D eigenvalue weighted by Gasteiger charge is -2.34. The summed E-state index contributed by atoms with van der Waals surface area (Å²) in [6.07, 6.45) is 5.43. The summed E-state index contributed by atoms with van der Waals surface area (Å²) in [5.41, 5.74) is 0.821. The standard InChI is InChI=1S/C44H68N6O12/c1-8-26(5)38(49-42(59)33(23-25(3)4)48-40(57)32(20-22-36(53)54)47-41(58)34(24-37(55)56)45-27(6)51)43(60)50-39(29-13-11-10-12-14-29)44(61)46-31(9-2)35(52)21-17-28-15-18-30(62-7)19-16-28/h15-19,21,25-26,29,31-35,38-39,52H,8-14,20,22-24H2,1-7H3,(H,45,51)(H,46,61)(H,47,58)(H,48,57)(H,49,59)(H,50,60)(H,53,54)(H,55,56)/b21-17+/t26-,31-,32+,33-,34-,35?,38-,39-/m0/s1. The van der Waals surface area contributed by atoms with Crippen LogP contribution in [-0.4, -0.2) is 112 Å². The second kappa shape index (κ2) is 26.7. The van der Waals surface area contributed by atoms with E-state index in [2.05, 4.69) is 31.9 Å². The van der Waals surface area contributed by atoms with Gasteiger partial charge in [0.2, 0.25) is 35.4 Å². The van der Waals surface area contributed by atoms with Crippen molar-refractivity contribution >= 4 is 53.5 Å². The average molecular weight is 873 g/mol. The first-order chi connectivity index (χ1) is 29.3. The largest absolute Gasteiger partial charge is 0.497 e. The van der Waals surface area contributed by atoms with Gasteiger partial charge in [-0.25, -0.2) is 0 Å². The van der Waals surface area contributed by atoms with E-state index >= 15 is 0 Å². The van der Waals surface area contributed by atoms with Crippen LogP contribution in [0.3, 0.4) is 0 Å². The van der Waals surface area contributed by atoms with Gasteiger partial charge < -0.3 is 52.0 Å². The van der Waals surface area contributed by atoms with Crippen LogP contribution in [0.25, 0.3) is 6.08 Å². The van der Waals surface area contributed by atoms with Crippen LogP contribution in [0.15, 0.2) is 30.3 Å². The maximum atomic E-state index is 14.3. The molecule has 6 amide bonds. The summed E-state index contributed by atoms with van der Waals surface area (Å²) in [7, 11) is 1.57. The Morgan fingerprint density at radius 2 is 1.32 bits per heavy atom. The third-order valence-corrected chi connectivity index (χ3v) is 11.0. The third-order valence-electron chi connectivity index (χ3n) is 11.0. The third kappa shape index (κ3) is 18.2. The van der Waals surface area contributed by atoms with Gasteiger partial charge >= 0.3 is 11.9 Å². The van der Waals surface area contributed by atoms with Gasteiger partial charge in [0, 0.05) is 13.3 Å². The number of carbonyl (C=O) groups excluding carboxylic acids is 6. The fourth-order valence-corrected chi connectivity index (χ4v) is 7.24. The van der Waals surface area contributed by atoms with Crippen molar-refractivity contribution in [3.05, 3.63) is 35.9 Å². The molecule has 0 saturated heterocycles. The summed E-state index contributed by atoms with van der Waals surface area (Å²) < 4.78 is 5.20. The van der Waals surface area contributed by atoms with E-state index < -0.39 is 115 Å². The van der Waals surface area contributed by atoms with Gasteiger partial charge in [-0.05, 0) is 67.6 Å². The van der Waals surface area contributed by atoms with E-state index in [0.29, 0.717) is 31.4 Å². The van der Waals surface area contributed by atoms with Gasteiger partial charge in [-0.1, -0.05) is 84.6 Å². The number of carbonyl (C=O) groups is 8. The number of nitrogens with one attached hydrogen (secondary N) is 6. The van der Waals surface area contributed by atoms with Gasteiger partial charge in [0.25, 0.3) is 0 Å². The number of carboxylic acid groups (broad SMARTS) is 2. The number of ether oxygens (including phenoxy) is 1. The van der Waals surface area contributed by atoms with Crippen LogP contribution < -0.4 is 36.6 Å². The van der Waals surface area contributed by atoms with E-state index in [-0.39, 0.29) is 18.3 Å². The highest BCUT2D eigenvalue weighted by Gasteiger charge is 2.38. The molecule has 8 atom stereocenters. The molecule has 2 rings (SSSR count). The highest BCUT2D eigenvalue weighted by molar-refractivity contribution is 5.97. The molecule has 0 spiro atoms. The minimum atomic E-state index is -1.57. The SMILES string of the molecule is CC[C@H](NC(=O)[C@@H](NC(=O)[C@@H](NC(=O)[C@H](CC(C)C)NC(=O)[C@@H](CCC(=O)O)NC(=O)[C@H](CC(=O)O)NC(C)=O)[C@@H](C)CC)C1CCCCC1)C(O)/C=C/c1ccc(OC)cc1. The van der Waals surface area contributed by atoms with Gasteiger partial charge in [0.1, 0.15) is 36.0 Å². The molecule has 1 aromatic carbocycles. The van der Waals surface area contributed by atoms with E-state index in [1.165, 1.54) is 0 Å². The molecule has 1 fully saturated rings. The Labute approximate surface area is 364 Å². The van der Waals surface area contributed by atoms with E-state index in [1.54, 1.807) is 52.2 Å². The number of hydrogen-bond acceptors (Lipinski definition) is 10. The van der Waals surface area contributed by atoms with Crippen LogP contribution in [0.1, 0.15) is 118 Å². The lowest BCUT2D eigenvalue weighted by atomic mass is 9.83. The number of aliphatic carboxylic acids is 2. The first kappa shape index (κ1) is 52.6. The van der Waals surface area contributed by atoms with Crippen molar-refractivity contribution in [2.75, 3.05) is 7.11 Å². The zero-order chi connectivity index (χ0) is 46.5. The van der Waals surface area contributed by atoms with Gasteiger partial charge in [0.15, 0.2) is 0 Å². The summed E-state index contributed by atoms with van der Waals surface area (Å²) in [4.78, 5) is 104. The number of amides is 6. The van der Waals surface area contributed by atoms with Crippen LogP contribution in [0.5, 0.6) is 5.75 Å². The highest BCUT2D eigenvalue weighted by atomic mass is 16.5. The summed E-state index contributed by atoms with van der Waals surface area (Å²) in [5, 5.41) is 45.5. The molecular formula is C44H68N6O12. The molecule has 0 aromatic heterocycles. The summed E-state index contributed by atoms with van der Waals surface area (Å²) in [5.74, 6) is -7.38. The van der Waals surface area contributed by atoms with Crippen LogP contribution in [0.2, 0.25) is 0 Å². The molecular weight excluding hydrogens is 805 g/mol. The zero-order valence-corrected chi connectivity index (χ0v) is 37.0. The van der Waals surface area contributed by atoms with Crippen LogP contribution in [-0.2, 0) is 38.4 Å². The minimum absolute atomic E-state index is 0.0697. The van der Waals surface area contributed by atoms with E-state index in [4.69, 9.17) is 4.74 Å². The number of methoxy groups -OCH3 is 1. The molecule has 9 N–H and O–H groups in total. The van der Waals surface area contributed by atoms with Gasteiger partial charge in [-0.3, -0.25) is 38.4 Å². The molecule has 1 aliphatic carbocycles. The molecule has 0 aliphatic heterocycles. The summed E-state index contributed by atoms with van der Waals surface area (Å²) >= 11 is 0. The molecule has 62 heavy (non-hydrogen) atoms. The lowest BCUT2D eigenvalue weighted by molar-refractivity contribution is -0.141. The molecule has 0 radical (unpaired) electrons. The lowest BCUT2D eigenvalue weighted by Crippen LogP contribution is -2.61. The first-order valence-corrected chi connectivity index (χ1v) is 21.5. The Morgan fingerprint density at radius 3 is 1.85 bits per heavy atom. The molecule has 1 aromatic rings. The fraction of sp³-hybridized carbons (Fsp3) is 0.636. The smallest absolute Gasteiger partial charge is 0.305 e. The van der Waals surface area contributed by atoms with E-state index in [1.807, 2.05) is 26.0 Å². The number of benzene rings is 1. The summed E-state index contributed by atoms with van der Waals surface area (Å²) in [6, 6.07) is 0.0429. The van der Waals surface area contributed by atoms with Crippen LogP contribution in [0.4, 0.5) is 0 Å². The van der Waals surface area contributed by atoms with Gasteiger partial charge in [-0.15, -0.1) is 0 Å². The quantitative estimate of drug-likeness (QED) is 0.0650. The Bertz CT molecular complexity index is 1680. The molecule has 1 aliphatic rings. The van der Waals surface area contributed by atoms with Crippen molar-refractivity contribution in [3.8, 4) is 5.75 Å². The Balaban J connectivity index is 2.34. The van der Waals surface area contributed by atoms with Gasteiger partial charge in [-0.2, -0.15) is 0 Å². The van der Waals surface area contributed by atoms with Crippen molar-refractivity contribution in [2.24, 2.45) is 17.8 Å². The molecule has 18 heteroatoms. The minimum Gasteiger partial charge on any atom is -0.497 e. The number of carboxylic acids is 2. The fourth-order valence-electron chi connectivity index (χ4n) is 7.24. The molecule has 18 nitrogen and oxygen atoms in total. The predicted octanol–water partition coefficient (Wildman–Crippen LogP) is 2.42. The van der Waals surface area contributed by atoms with Crippen molar-refractivity contribution in [3.63, 3.8) is 0 Å². The van der Waals surface area contributed by atoms with Crippen LogP contribution in [0, 0.1) is 17.8 Å². The summed E-state index contributed by atoms with van der Waals surface area (Å²) in [6.45, 7) is 10.1. The highest BCUT2D eigenvalue weighted by Crippen LogP contribution is 2.27. The average Bonchev–Trinajstić information content (AvgIpc) is 3.23. The van der Waals surface area contributed by atoms with Gasteiger partial charge in [0.05, 0.1) is 25.7 Å². The number of aliphatic hydroxyl groups is 1. The second-order valence-corrected chi connectivity index (χ2v) is 16.4. The van der Waals surface area contributed by atoms with Crippen molar-refractivity contribution in [2.45, 2.75) is 155 Å². The maximum absolute atomic E-state index is 14.3. The number of hydrogen-bond donors (Lipinski definition) is 9. The Hall–Kier alpha value is -5.52. The first-order valence-electron chi connectivity index (χ1n) is 21.5. The molecule has 0 heterocycles. The topological polar surface area (TPSA) is 279 Å². The van der Waals surface area contributed by atoms with Crippen molar-refractivity contribution < 1.29 is 58.4 Å². The molecule has 1 saturated carbocycles. The Kier molecular flexibility index (Phi) is 22.7. The van der Waals surface area contributed by atoms with Crippen LogP contribution >= 0.6 is 0 Å². The van der Waals surface area contributed by atoms with E-state index in [0.717, 1.165) is 31.7 Å². The molecule has 0 bridgehead atoms. The normalized spacial score (nSPS) is 16.9. The Morgan fingerprint density at radius 1 is 0.726 bits per heavy atom. The molecule has 1 unspecified atom stereocenters. The predicted molar refractivity (Wildman–Crippen MR) is 230 cm³/mol. The second-order valence-electron chi connectivity index (χ2n) is 16.4. The van der Waals surface area contributed by atoms with Crippen molar-refractivity contribution in [1.82, 2.24) is 31.9 Å². The number of rotatable bonds is 26. The maximum Gasteiger partial charge on any atom is 0.305 e. The zero-order valence-electron chi connectivity index (χ0n) is 37.0. The van der Waals surface area contributed by atoms with E-state index in [9.17, 15) is 53.7 Å².